The molecule has 0 fully saturated rings. The summed E-state index contributed by atoms with van der Waals surface area (Å²) in [7, 11) is 2.10. The van der Waals surface area contributed by atoms with Crippen LogP contribution in [0.2, 0.25) is 0 Å². The number of nitrogens with one attached hydrogen (secondary N) is 2. The number of anilines is 1. The summed E-state index contributed by atoms with van der Waals surface area (Å²) < 4.78 is 6.22. The zero-order valence-electron chi connectivity index (χ0n) is 14.6. The second-order valence-electron chi connectivity index (χ2n) is 6.53. The molecule has 26 heavy (non-hydrogen) atoms. The van der Waals surface area contributed by atoms with Crippen LogP contribution in [0.4, 0.5) is 5.00 Å². The lowest BCUT2D eigenvalue weighted by Gasteiger charge is -2.28. The molecule has 2 aromatic rings. The standard InChI is InChI=1S/C18H20IN3O3S/c1-3-25-12-7-9(6-11(19)15(12)23)16-20-17(24)14-10-4-5-22(2)8-13(10)26-18(14)21-16/h6-7,16,21,23H,3-5,8H2,1-2H3,(H,20,24)/t16-/m0/s1. The van der Waals surface area contributed by atoms with Gasteiger partial charge < -0.3 is 25.4 Å². The van der Waals surface area contributed by atoms with Gasteiger partial charge in [0.25, 0.3) is 5.91 Å². The van der Waals surface area contributed by atoms with Gasteiger partial charge in [0.2, 0.25) is 0 Å². The number of fused-ring (bicyclic) bond motifs is 3. The highest BCUT2D eigenvalue weighted by Crippen LogP contribution is 2.42. The average molecular weight is 485 g/mol. The van der Waals surface area contributed by atoms with Crippen molar-refractivity contribution in [2.24, 2.45) is 0 Å². The molecule has 0 saturated carbocycles. The van der Waals surface area contributed by atoms with Crippen molar-refractivity contribution in [3.05, 3.63) is 37.3 Å². The number of halogens is 1. The number of amides is 1. The Kier molecular flexibility index (Phi) is 4.74. The normalized spacial score (nSPS) is 19.3. The van der Waals surface area contributed by atoms with Gasteiger partial charge in [-0.15, -0.1) is 11.3 Å². The zero-order valence-corrected chi connectivity index (χ0v) is 17.5. The first-order chi connectivity index (χ1) is 12.5. The van der Waals surface area contributed by atoms with E-state index in [-0.39, 0.29) is 17.8 Å². The molecule has 0 aliphatic carbocycles. The van der Waals surface area contributed by atoms with Crippen LogP contribution in [0.3, 0.4) is 0 Å². The Hall–Kier alpha value is -1.52. The molecular formula is C18H20IN3O3S. The number of rotatable bonds is 3. The average Bonchev–Trinajstić information content (AvgIpc) is 2.96. The minimum Gasteiger partial charge on any atom is -0.504 e. The van der Waals surface area contributed by atoms with Crippen LogP contribution in [0.25, 0.3) is 0 Å². The van der Waals surface area contributed by atoms with Crippen LogP contribution in [-0.2, 0) is 13.0 Å². The number of carbonyl (C=O) groups excluding carboxylic acids is 1. The molecule has 3 N–H and O–H groups in total. The van der Waals surface area contributed by atoms with Crippen molar-refractivity contribution >= 4 is 44.8 Å². The van der Waals surface area contributed by atoms with Gasteiger partial charge in [-0.3, -0.25) is 4.79 Å². The van der Waals surface area contributed by atoms with Crippen LogP contribution < -0.4 is 15.4 Å². The maximum atomic E-state index is 12.8. The van der Waals surface area contributed by atoms with Gasteiger partial charge in [0.05, 0.1) is 15.7 Å². The predicted molar refractivity (Wildman–Crippen MR) is 110 cm³/mol. The molecular weight excluding hydrogens is 465 g/mol. The van der Waals surface area contributed by atoms with E-state index in [0.29, 0.717) is 15.9 Å². The molecule has 8 heteroatoms. The molecule has 138 valence electrons. The minimum absolute atomic E-state index is 0.0353. The zero-order chi connectivity index (χ0) is 18.4. The fourth-order valence-electron chi connectivity index (χ4n) is 3.44. The summed E-state index contributed by atoms with van der Waals surface area (Å²) in [6.45, 7) is 4.20. The van der Waals surface area contributed by atoms with E-state index in [9.17, 15) is 9.90 Å². The van der Waals surface area contributed by atoms with E-state index in [2.05, 4.69) is 45.2 Å². The van der Waals surface area contributed by atoms with E-state index in [1.807, 2.05) is 13.0 Å². The van der Waals surface area contributed by atoms with Crippen LogP contribution in [0, 0.1) is 3.57 Å². The first kappa shape index (κ1) is 17.9. The summed E-state index contributed by atoms with van der Waals surface area (Å²) >= 11 is 3.74. The number of benzene rings is 1. The van der Waals surface area contributed by atoms with Crippen molar-refractivity contribution in [1.82, 2.24) is 10.2 Å². The number of hydrogen-bond acceptors (Lipinski definition) is 6. The molecule has 0 saturated heterocycles. The van der Waals surface area contributed by atoms with Crippen molar-refractivity contribution in [3.8, 4) is 11.5 Å². The number of ether oxygens (including phenoxy) is 1. The largest absolute Gasteiger partial charge is 0.504 e. The number of phenolic OH excluding ortho intramolecular Hbond substituents is 1. The molecule has 3 heterocycles. The Labute approximate surface area is 169 Å². The first-order valence-electron chi connectivity index (χ1n) is 8.53. The summed E-state index contributed by atoms with van der Waals surface area (Å²) in [4.78, 5) is 16.3. The molecule has 0 spiro atoms. The Bertz CT molecular complexity index is 883. The number of carbonyl (C=O) groups is 1. The summed E-state index contributed by atoms with van der Waals surface area (Å²) in [5, 5.41) is 17.6. The van der Waals surface area contributed by atoms with Crippen molar-refractivity contribution in [2.45, 2.75) is 26.1 Å². The highest BCUT2D eigenvalue weighted by molar-refractivity contribution is 14.1. The van der Waals surface area contributed by atoms with Crippen LogP contribution in [-0.4, -0.2) is 36.1 Å². The maximum Gasteiger partial charge on any atom is 0.256 e. The van der Waals surface area contributed by atoms with Crippen molar-refractivity contribution in [1.29, 1.82) is 0 Å². The molecule has 2 aliphatic heterocycles. The third-order valence-electron chi connectivity index (χ3n) is 4.71. The van der Waals surface area contributed by atoms with Crippen molar-refractivity contribution < 1.29 is 14.6 Å². The number of nitrogens with zero attached hydrogens (tertiary/aromatic N) is 1. The SMILES string of the molecule is CCOc1cc([C@H]2NC(=O)c3c(sc4c3CCN(C)C4)N2)cc(I)c1O. The molecule has 0 radical (unpaired) electrons. The molecule has 4 rings (SSSR count). The fraction of sp³-hybridized carbons (Fsp3) is 0.389. The Morgan fingerprint density at radius 1 is 1.42 bits per heavy atom. The summed E-state index contributed by atoms with van der Waals surface area (Å²) in [5.74, 6) is 0.531. The van der Waals surface area contributed by atoms with Crippen molar-refractivity contribution in [2.75, 3.05) is 25.5 Å². The Morgan fingerprint density at radius 3 is 3.00 bits per heavy atom. The minimum atomic E-state index is -0.346. The summed E-state index contributed by atoms with van der Waals surface area (Å²) in [5.41, 5.74) is 2.84. The molecule has 1 aromatic heterocycles. The van der Waals surface area contributed by atoms with Crippen LogP contribution in [0.1, 0.15) is 39.5 Å². The molecule has 2 aliphatic rings. The van der Waals surface area contributed by atoms with Gasteiger partial charge in [-0.25, -0.2) is 0 Å². The van der Waals surface area contributed by atoms with E-state index < -0.39 is 0 Å². The quantitative estimate of drug-likeness (QED) is 0.582. The fourth-order valence-corrected chi connectivity index (χ4v) is 5.41. The number of likely N-dealkylation sites (N-methyl/N-ethyl adjacent to an activating group) is 1. The number of hydrogen-bond donors (Lipinski definition) is 3. The predicted octanol–water partition coefficient (Wildman–Crippen LogP) is 3.30. The van der Waals surface area contributed by atoms with Crippen molar-refractivity contribution in [3.63, 3.8) is 0 Å². The van der Waals surface area contributed by atoms with Gasteiger partial charge in [-0.2, -0.15) is 0 Å². The highest BCUT2D eigenvalue weighted by Gasteiger charge is 2.33. The molecule has 0 unspecified atom stereocenters. The second kappa shape index (κ2) is 6.90. The monoisotopic (exact) mass is 485 g/mol. The van der Waals surface area contributed by atoms with Gasteiger partial charge in [-0.1, -0.05) is 0 Å². The molecule has 0 bridgehead atoms. The van der Waals surface area contributed by atoms with Crippen LogP contribution >= 0.6 is 33.9 Å². The maximum absolute atomic E-state index is 12.8. The second-order valence-corrected chi connectivity index (χ2v) is 8.80. The van der Waals surface area contributed by atoms with Crippen LogP contribution in [0.5, 0.6) is 11.5 Å². The molecule has 6 nitrogen and oxygen atoms in total. The molecule has 1 atom stereocenters. The third kappa shape index (κ3) is 3.03. The topological polar surface area (TPSA) is 73.8 Å². The van der Waals surface area contributed by atoms with E-state index >= 15 is 0 Å². The van der Waals surface area contributed by atoms with E-state index in [4.69, 9.17) is 4.74 Å². The van der Waals surface area contributed by atoms with Gasteiger partial charge in [0.1, 0.15) is 11.2 Å². The van der Waals surface area contributed by atoms with E-state index in [1.54, 1.807) is 17.4 Å². The highest BCUT2D eigenvalue weighted by atomic mass is 127. The lowest BCUT2D eigenvalue weighted by Crippen LogP contribution is -2.38. The van der Waals surface area contributed by atoms with E-state index in [1.165, 1.54) is 10.4 Å². The summed E-state index contributed by atoms with van der Waals surface area (Å²) in [6, 6.07) is 3.65. The van der Waals surface area contributed by atoms with Gasteiger partial charge in [-0.05, 0) is 66.2 Å². The summed E-state index contributed by atoms with van der Waals surface area (Å²) in [6.07, 6.45) is 0.560. The Morgan fingerprint density at radius 2 is 2.23 bits per heavy atom. The Balaban J connectivity index is 1.69. The third-order valence-corrected chi connectivity index (χ3v) is 6.68. The van der Waals surface area contributed by atoms with Gasteiger partial charge in [0, 0.05) is 18.0 Å². The lowest BCUT2D eigenvalue weighted by molar-refractivity contribution is 0.0934. The molecule has 1 aromatic carbocycles. The number of phenols is 1. The number of aromatic hydroxyl groups is 1. The smallest absolute Gasteiger partial charge is 0.256 e. The first-order valence-corrected chi connectivity index (χ1v) is 10.4. The van der Waals surface area contributed by atoms with E-state index in [0.717, 1.165) is 35.6 Å². The molecule has 1 amide bonds. The number of thiophene rings is 1. The van der Waals surface area contributed by atoms with Gasteiger partial charge >= 0.3 is 0 Å². The van der Waals surface area contributed by atoms with Crippen LogP contribution in [0.15, 0.2) is 12.1 Å². The lowest BCUT2D eigenvalue weighted by atomic mass is 10.0. The van der Waals surface area contributed by atoms with Gasteiger partial charge in [0.15, 0.2) is 11.5 Å².